The van der Waals surface area contributed by atoms with E-state index in [1.807, 2.05) is 13.8 Å². The molecular weight excluding hydrogens is 2070 g/mol. The van der Waals surface area contributed by atoms with E-state index in [0.29, 0.717) is 254 Å². The van der Waals surface area contributed by atoms with Crippen molar-refractivity contribution >= 4 is 118 Å². The van der Waals surface area contributed by atoms with E-state index >= 15 is 4.79 Å². The molecule has 2 heterocycles. The fraction of sp³-hybridized carbons (Fsp3) is 0.706. The number of hydrogen-bond donors (Lipinski definition) is 7. The van der Waals surface area contributed by atoms with Crippen LogP contribution in [0, 0.1) is 23.7 Å². The van der Waals surface area contributed by atoms with Gasteiger partial charge in [-0.1, -0.05) is 129 Å². The smallest absolute Gasteiger partial charge is 0.410 e. The van der Waals surface area contributed by atoms with Crippen LogP contribution in [-0.4, -0.2) is 393 Å². The fourth-order valence-corrected chi connectivity index (χ4v) is 18.2. The number of fused-ring (bicyclic) bond motifs is 1. The third-order valence-corrected chi connectivity index (χ3v) is 27.3. The van der Waals surface area contributed by atoms with Crippen molar-refractivity contribution in [2.45, 2.75) is 196 Å². The number of sulfonamides is 1. The fourth-order valence-electron chi connectivity index (χ4n) is 16.0. The van der Waals surface area contributed by atoms with Crippen LogP contribution >= 0.6 is 31.9 Å². The molecule has 1 saturated carbocycles. The van der Waals surface area contributed by atoms with E-state index in [-0.39, 0.29) is 109 Å². The zero-order chi connectivity index (χ0) is 107. The Balaban J connectivity index is 0.900. The van der Waals surface area contributed by atoms with Crippen LogP contribution < -0.4 is 36.6 Å². The molecule has 45 heteroatoms. The number of likely N-dealkylation sites (N-methyl/N-ethyl adjacent to an activating group) is 2. The first-order valence-electron chi connectivity index (χ1n) is 51.0. The number of likely N-dealkylation sites (tertiary alicyclic amines) is 1. The van der Waals surface area contributed by atoms with E-state index < -0.39 is 123 Å². The maximum atomic E-state index is 15.0. The summed E-state index contributed by atoms with van der Waals surface area (Å²) in [5.41, 5.74) is 4.86. The maximum Gasteiger partial charge on any atom is 0.410 e. The zero-order valence-electron chi connectivity index (χ0n) is 87.8. The summed E-state index contributed by atoms with van der Waals surface area (Å²) < 4.78 is 129. The van der Waals surface area contributed by atoms with Crippen LogP contribution in [0.5, 0.6) is 0 Å². The van der Waals surface area contributed by atoms with Gasteiger partial charge in [-0.25, -0.2) is 23.2 Å². The second kappa shape index (κ2) is 74.6. The Labute approximate surface area is 883 Å². The number of alkyl halides is 2. The highest BCUT2D eigenvalue weighted by atomic mass is 79.9. The van der Waals surface area contributed by atoms with Crippen LogP contribution in [0.2, 0.25) is 0 Å². The number of hydrogen-bond acceptors (Lipinski definition) is 32. The van der Waals surface area contributed by atoms with Gasteiger partial charge in [-0.2, -0.15) is 0 Å². The van der Waals surface area contributed by atoms with Crippen LogP contribution in [0.15, 0.2) is 72.8 Å². The molecule has 0 spiro atoms. The number of carbonyl (C=O) groups is 10. The molecule has 1 aliphatic heterocycles. The maximum absolute atomic E-state index is 15.0. The largest absolute Gasteiger partial charge is 0.445 e. The summed E-state index contributed by atoms with van der Waals surface area (Å²) in [5, 5.41) is 17.6. The van der Waals surface area contributed by atoms with Gasteiger partial charge in [0.15, 0.2) is 0 Å². The number of halogens is 2. The highest BCUT2D eigenvalue weighted by molar-refractivity contribution is 9.09. The molecule has 42 nitrogen and oxygen atoms in total. The molecule has 10 atom stereocenters. The average molecular weight is 2230 g/mol. The highest BCUT2D eigenvalue weighted by Crippen LogP contribution is 2.32. The van der Waals surface area contributed by atoms with Crippen LogP contribution in [0.3, 0.4) is 0 Å². The predicted octanol–water partition coefficient (Wildman–Crippen LogP) is 7.21. The molecule has 0 radical (unpaired) electrons. The summed E-state index contributed by atoms with van der Waals surface area (Å²) >= 11 is 6.90. The Bertz CT molecular complexity index is 4570. The number of amides is 10. The van der Waals surface area contributed by atoms with E-state index in [9.17, 15) is 51.6 Å². The summed E-state index contributed by atoms with van der Waals surface area (Å²) in [5.74, 6) is -6.44. The van der Waals surface area contributed by atoms with Crippen LogP contribution in [0.1, 0.15) is 152 Å². The van der Waals surface area contributed by atoms with Crippen molar-refractivity contribution in [2.24, 2.45) is 23.7 Å². The minimum absolute atomic E-state index is 0.0118. The highest BCUT2D eigenvalue weighted by Gasteiger charge is 2.45. The van der Waals surface area contributed by atoms with E-state index in [0.717, 1.165) is 11.4 Å². The van der Waals surface area contributed by atoms with Crippen molar-refractivity contribution < 1.29 is 142 Å². The van der Waals surface area contributed by atoms with Gasteiger partial charge in [-0.05, 0) is 104 Å². The number of rotatable bonds is 84. The number of aromatic nitrogens is 2. The average Bonchev–Trinajstić information content (AvgIpc) is 1.79. The molecule has 10 amide bonds. The van der Waals surface area contributed by atoms with Gasteiger partial charge < -0.3 is 127 Å². The molecule has 830 valence electrons. The zero-order valence-corrected chi connectivity index (χ0v) is 91.8. The third kappa shape index (κ3) is 49.8. The van der Waals surface area contributed by atoms with Crippen molar-refractivity contribution in [3.05, 3.63) is 101 Å². The van der Waals surface area contributed by atoms with Gasteiger partial charge >= 0.3 is 6.09 Å². The molecule has 2 fully saturated rings. The lowest BCUT2D eigenvalue weighted by molar-refractivity contribution is -0.148. The topological polar surface area (TPSA) is 491 Å². The monoisotopic (exact) mass is 2220 g/mol. The number of benzene rings is 3. The normalized spacial score (nSPS) is 15.1. The molecule has 6 rings (SSSR count). The van der Waals surface area contributed by atoms with E-state index in [1.54, 1.807) is 126 Å². The van der Waals surface area contributed by atoms with Gasteiger partial charge in [0.25, 0.3) is 11.8 Å². The summed E-state index contributed by atoms with van der Waals surface area (Å²) in [6.07, 6.45) is 0.926. The predicted molar refractivity (Wildman–Crippen MR) is 555 cm³/mol. The van der Waals surface area contributed by atoms with Gasteiger partial charge in [-0.15, -0.1) is 0 Å². The number of unbranched alkanes of at least 4 members (excludes halogenated alkanes) is 1. The van der Waals surface area contributed by atoms with Crippen LogP contribution in [0.4, 0.5) is 10.5 Å². The lowest BCUT2D eigenvalue weighted by Crippen LogP contribution is -2.60. The summed E-state index contributed by atoms with van der Waals surface area (Å²) in [6.45, 7) is 24.6. The molecule has 1 aromatic heterocycles. The van der Waals surface area contributed by atoms with Crippen molar-refractivity contribution in [2.75, 3.05) is 252 Å². The van der Waals surface area contributed by atoms with Crippen molar-refractivity contribution in [3.63, 3.8) is 0 Å². The third-order valence-electron chi connectivity index (χ3n) is 24.4. The Hall–Kier alpha value is -8.27. The van der Waals surface area contributed by atoms with Gasteiger partial charge in [0, 0.05) is 96.2 Å². The van der Waals surface area contributed by atoms with Gasteiger partial charge in [-0.3, -0.25) is 52.8 Å². The molecule has 2 aliphatic rings. The number of carbonyl (C=O) groups excluding carboxylic acids is 10. The standard InChI is InChI=1S/C102H162Br2N12O30S/c1-13-74(6)94(88(130-11)68-91(119)116-36-19-23-87(116)95(131-12)75(7)96(120)111-84(66-76-20-15-14-16-21-76)99(123)113-147(127,128)80-29-30-80)114(8)101(125)92(72(2)3)112-100(124)93(73(4)5)115(9)102(126)146-71-77-24-27-79(28-25-77)107-98(122)82(110-90(118)33-38-133-42-44-134-39-35-106-97(121)78-26-31-81-83(67-78)109-86(70-104)85(69-103)108-81)22-17-18-34-105-89(117)32-37-132-43-45-136-48-49-138-52-53-140-56-57-142-60-61-144-64-65-145-63-62-143-59-58-141-55-54-139-51-50-137-47-46-135-41-40-129-10/h14-16,20-21,24-28,31,67,72-75,80,82,84,87-88,92-95H,13,17-19,22-23,29-30,32-66,68-71H2,1-12H3,(H,105,117)(H,106,121)(H,107,122)(H,110,118)(H,111,120)(H,112,124)(H,113,123)/t74-,75+,82-,84-,87-,88+,92-,93-,94-,95+/m0/s1. The SMILES string of the molecule is CC[C@H](C)[C@@H]([C@@H](CC(=O)N1CCC[C@H]1[C@H](OC)[C@@H](C)C(=O)N[C@@H](Cc1ccccc1)C(=O)NS(=O)(=O)C1CC1)OC)N(C)C(=O)[C@@H](NC(=O)[C@H](C(C)C)N(C)C(=O)OCc1ccc(NC(=O)[C@H](CCCCNC(=O)CCOCCOCCOCCOCCOCCOCCOCCOCCOCCOCCOCCOCCOC)NC(=O)CCOCCOCCNC(=O)c2ccc3nc(CBr)c(CBr)nc3c2)cc1)C(C)C. The number of methoxy groups -OCH3 is 3. The second-order valence-electron chi connectivity index (χ2n) is 36.2. The minimum atomic E-state index is -3.94. The van der Waals surface area contributed by atoms with Crippen molar-refractivity contribution in [3.8, 4) is 0 Å². The number of nitrogens with one attached hydrogen (secondary N) is 7. The minimum Gasteiger partial charge on any atom is -0.445 e. The van der Waals surface area contributed by atoms with Gasteiger partial charge in [0.2, 0.25) is 51.4 Å². The Morgan fingerprint density at radius 3 is 1.48 bits per heavy atom. The number of anilines is 1. The lowest BCUT2D eigenvalue weighted by Gasteiger charge is -2.41. The van der Waals surface area contributed by atoms with Crippen molar-refractivity contribution in [1.82, 2.24) is 56.0 Å². The molecule has 1 aliphatic carbocycles. The molecule has 7 N–H and O–H groups in total. The van der Waals surface area contributed by atoms with E-state index in [2.05, 4.69) is 78.5 Å². The first-order valence-corrected chi connectivity index (χ1v) is 54.7. The summed E-state index contributed by atoms with van der Waals surface area (Å²) in [4.78, 5) is 153. The molecule has 3 aromatic carbocycles. The molecule has 4 aromatic rings. The summed E-state index contributed by atoms with van der Waals surface area (Å²) in [6, 6.07) is 14.8. The Kier molecular flexibility index (Phi) is 64.7. The Morgan fingerprint density at radius 2 is 1.00 bits per heavy atom. The lowest BCUT2D eigenvalue weighted by atomic mass is 9.89. The first kappa shape index (κ1) is 127. The molecular formula is C102H162Br2N12O30S. The number of ether oxygens (including phenoxy) is 18. The van der Waals surface area contributed by atoms with Gasteiger partial charge in [0.05, 0.1) is 256 Å². The molecule has 0 unspecified atom stereocenters. The molecule has 147 heavy (non-hydrogen) atoms. The Morgan fingerprint density at radius 1 is 0.497 bits per heavy atom. The molecule has 0 bridgehead atoms. The van der Waals surface area contributed by atoms with E-state index in [1.165, 1.54) is 31.1 Å². The molecule has 1 saturated heterocycles. The number of nitrogens with zero attached hydrogens (tertiary/aromatic N) is 5. The first-order chi connectivity index (χ1) is 71.0. The quantitative estimate of drug-likeness (QED) is 0.0169. The van der Waals surface area contributed by atoms with E-state index in [4.69, 9.17) is 85.3 Å². The van der Waals surface area contributed by atoms with Crippen molar-refractivity contribution in [1.29, 1.82) is 0 Å². The van der Waals surface area contributed by atoms with Crippen LogP contribution in [-0.2, 0) is 157 Å². The van der Waals surface area contributed by atoms with Crippen LogP contribution in [0.25, 0.3) is 11.0 Å². The van der Waals surface area contributed by atoms with Gasteiger partial charge in [0.1, 0.15) is 30.8 Å². The second-order valence-corrected chi connectivity index (χ2v) is 39.3. The summed E-state index contributed by atoms with van der Waals surface area (Å²) in [7, 11) is 3.64.